The lowest BCUT2D eigenvalue weighted by Gasteiger charge is -2.18. The molecule has 8 heteroatoms. The number of hydrogen-bond acceptors (Lipinski definition) is 2. The summed E-state index contributed by atoms with van der Waals surface area (Å²) in [7, 11) is 0. The molecule has 1 aromatic rings. The Hall–Kier alpha value is -2.25. The van der Waals surface area contributed by atoms with Gasteiger partial charge in [-0.1, -0.05) is 18.2 Å². The molecule has 1 aromatic carbocycles. The predicted molar refractivity (Wildman–Crippen MR) is 76.0 cm³/mol. The maximum atomic E-state index is 12.8. The van der Waals surface area contributed by atoms with Crippen molar-refractivity contribution in [3.63, 3.8) is 0 Å². The summed E-state index contributed by atoms with van der Waals surface area (Å²) >= 11 is 0. The monoisotopic (exact) mass is 330 g/mol. The highest BCUT2D eigenvalue weighted by Crippen LogP contribution is 2.48. The molecule has 3 N–H and O–H groups in total. The molecule has 1 fully saturated rings. The van der Waals surface area contributed by atoms with E-state index in [1.54, 1.807) is 6.07 Å². The molecular weight excluding hydrogens is 313 g/mol. The van der Waals surface area contributed by atoms with E-state index < -0.39 is 29.2 Å². The van der Waals surface area contributed by atoms with Crippen LogP contribution in [0.25, 0.3) is 0 Å². The second-order valence-corrected chi connectivity index (χ2v) is 5.61. The minimum absolute atomic E-state index is 0.00226. The molecule has 2 rings (SSSR count). The summed E-state index contributed by atoms with van der Waals surface area (Å²) in [5.74, 6) is -1.02. The van der Waals surface area contributed by atoms with E-state index in [-0.39, 0.29) is 19.5 Å². The van der Waals surface area contributed by atoms with Gasteiger partial charge in [0, 0.05) is 18.5 Å². The number of carbonyl (C=O) groups is 2. The molecule has 1 aliphatic carbocycles. The maximum absolute atomic E-state index is 12.8. The average Bonchev–Trinajstić information content (AvgIpc) is 3.25. The highest BCUT2D eigenvalue weighted by Gasteiger charge is 2.45. The summed E-state index contributed by atoms with van der Waals surface area (Å²) < 4.78 is 38.3. The average molecular weight is 330 g/mol. The van der Waals surface area contributed by atoms with Gasteiger partial charge in [0.05, 0.1) is 12.0 Å². The molecule has 1 saturated carbocycles. The van der Waals surface area contributed by atoms with Gasteiger partial charge in [-0.2, -0.15) is 13.2 Å². The van der Waals surface area contributed by atoms with Crippen LogP contribution in [-0.4, -0.2) is 30.2 Å². The molecule has 0 unspecified atom stereocenters. The third kappa shape index (κ3) is 4.61. The Balaban J connectivity index is 1.93. The summed E-state index contributed by atoms with van der Waals surface area (Å²) in [5.41, 5.74) is -0.615. The molecule has 5 nitrogen and oxygen atoms in total. The molecule has 126 valence electrons. The molecule has 0 spiro atoms. The highest BCUT2D eigenvalue weighted by atomic mass is 19.4. The van der Waals surface area contributed by atoms with Crippen LogP contribution in [0, 0.1) is 0 Å². The van der Waals surface area contributed by atoms with Gasteiger partial charge in [0.1, 0.15) is 0 Å². The number of carboxylic acids is 1. The van der Waals surface area contributed by atoms with Crippen molar-refractivity contribution in [3.05, 3.63) is 35.4 Å². The minimum atomic E-state index is -4.40. The summed E-state index contributed by atoms with van der Waals surface area (Å²) in [6.07, 6.45) is -3.19. The van der Waals surface area contributed by atoms with Crippen LogP contribution in [0.2, 0.25) is 0 Å². The zero-order chi connectivity index (χ0) is 17.1. The van der Waals surface area contributed by atoms with E-state index in [0.717, 1.165) is 12.1 Å². The number of halogens is 3. The second-order valence-electron chi connectivity index (χ2n) is 5.61. The molecule has 1 aliphatic rings. The first-order chi connectivity index (χ1) is 10.7. The SMILES string of the molecule is O=C(O)CCNC(=O)NCC1(c2cccc(C(F)(F)F)c2)CC1. The van der Waals surface area contributed by atoms with Crippen LogP contribution in [-0.2, 0) is 16.4 Å². The molecule has 0 saturated heterocycles. The van der Waals surface area contributed by atoms with Gasteiger partial charge in [0.2, 0.25) is 0 Å². The van der Waals surface area contributed by atoms with Crippen LogP contribution in [0.1, 0.15) is 30.4 Å². The number of hydrogen-bond donors (Lipinski definition) is 3. The molecule has 0 aromatic heterocycles. The smallest absolute Gasteiger partial charge is 0.416 e. The fraction of sp³-hybridized carbons (Fsp3) is 0.467. The first-order valence-electron chi connectivity index (χ1n) is 7.14. The molecule has 0 atom stereocenters. The molecule has 23 heavy (non-hydrogen) atoms. The quantitative estimate of drug-likeness (QED) is 0.750. The van der Waals surface area contributed by atoms with Crippen molar-refractivity contribution >= 4 is 12.0 Å². The summed E-state index contributed by atoms with van der Waals surface area (Å²) in [5, 5.41) is 13.5. The number of aliphatic carboxylic acids is 1. The molecule has 0 heterocycles. The molecule has 0 bridgehead atoms. The van der Waals surface area contributed by atoms with Gasteiger partial charge in [-0.15, -0.1) is 0 Å². The Morgan fingerprint density at radius 2 is 1.91 bits per heavy atom. The zero-order valence-electron chi connectivity index (χ0n) is 12.2. The van der Waals surface area contributed by atoms with Crippen LogP contribution in [0.4, 0.5) is 18.0 Å². The fourth-order valence-electron chi connectivity index (χ4n) is 2.34. The van der Waals surface area contributed by atoms with Crippen molar-refractivity contribution in [1.82, 2.24) is 10.6 Å². The topological polar surface area (TPSA) is 78.4 Å². The van der Waals surface area contributed by atoms with Gasteiger partial charge in [-0.3, -0.25) is 4.79 Å². The van der Waals surface area contributed by atoms with E-state index in [9.17, 15) is 22.8 Å². The molecule has 0 aliphatic heterocycles. The standard InChI is InChI=1S/C15H17F3N2O3/c16-15(17,18)11-3-1-2-10(8-11)14(5-6-14)9-20-13(23)19-7-4-12(21)22/h1-3,8H,4-7,9H2,(H,21,22)(H2,19,20,23). The predicted octanol–water partition coefficient (Wildman–Crippen LogP) is 2.51. The summed E-state index contributed by atoms with van der Waals surface area (Å²) in [4.78, 5) is 21.9. The number of urea groups is 1. The Morgan fingerprint density at radius 3 is 2.48 bits per heavy atom. The van der Waals surface area contributed by atoms with E-state index >= 15 is 0 Å². The summed E-state index contributed by atoms with van der Waals surface area (Å²) in [6, 6.07) is 4.62. The van der Waals surface area contributed by atoms with Gasteiger partial charge >= 0.3 is 18.2 Å². The third-order valence-electron chi connectivity index (χ3n) is 3.87. The van der Waals surface area contributed by atoms with Crippen molar-refractivity contribution in [2.45, 2.75) is 30.9 Å². The minimum Gasteiger partial charge on any atom is -0.481 e. The van der Waals surface area contributed by atoms with Crippen molar-refractivity contribution in [2.24, 2.45) is 0 Å². The Bertz CT molecular complexity index is 598. The van der Waals surface area contributed by atoms with E-state index in [1.165, 1.54) is 6.07 Å². The van der Waals surface area contributed by atoms with Crippen LogP contribution < -0.4 is 10.6 Å². The number of amides is 2. The molecular formula is C15H17F3N2O3. The Labute approximate surface area is 130 Å². The zero-order valence-corrected chi connectivity index (χ0v) is 12.2. The maximum Gasteiger partial charge on any atom is 0.416 e. The van der Waals surface area contributed by atoms with E-state index in [0.29, 0.717) is 18.4 Å². The van der Waals surface area contributed by atoms with Gasteiger partial charge in [0.15, 0.2) is 0 Å². The Kier molecular flexibility index (Phi) is 4.82. The largest absolute Gasteiger partial charge is 0.481 e. The van der Waals surface area contributed by atoms with Gasteiger partial charge in [-0.05, 0) is 24.5 Å². The number of alkyl halides is 3. The van der Waals surface area contributed by atoms with Crippen LogP contribution in [0.3, 0.4) is 0 Å². The lowest BCUT2D eigenvalue weighted by molar-refractivity contribution is -0.138. The van der Waals surface area contributed by atoms with Crippen molar-refractivity contribution in [3.8, 4) is 0 Å². The number of nitrogens with one attached hydrogen (secondary N) is 2. The van der Waals surface area contributed by atoms with Gasteiger partial charge in [-0.25, -0.2) is 4.79 Å². The first kappa shape index (κ1) is 17.1. The number of carbonyl (C=O) groups excluding carboxylic acids is 1. The van der Waals surface area contributed by atoms with Crippen molar-refractivity contribution in [1.29, 1.82) is 0 Å². The number of rotatable bonds is 6. The highest BCUT2D eigenvalue weighted by molar-refractivity contribution is 5.75. The van der Waals surface area contributed by atoms with E-state index in [2.05, 4.69) is 10.6 Å². The third-order valence-corrected chi connectivity index (χ3v) is 3.87. The van der Waals surface area contributed by atoms with E-state index in [4.69, 9.17) is 5.11 Å². The lowest BCUT2D eigenvalue weighted by Crippen LogP contribution is -2.40. The normalized spacial score (nSPS) is 15.8. The van der Waals surface area contributed by atoms with Crippen molar-refractivity contribution in [2.75, 3.05) is 13.1 Å². The second kappa shape index (κ2) is 6.47. The molecule has 2 amide bonds. The van der Waals surface area contributed by atoms with Crippen molar-refractivity contribution < 1.29 is 27.9 Å². The van der Waals surface area contributed by atoms with E-state index in [1.807, 2.05) is 0 Å². The van der Waals surface area contributed by atoms with Crippen LogP contribution in [0.5, 0.6) is 0 Å². The lowest BCUT2D eigenvalue weighted by atomic mass is 9.94. The fourth-order valence-corrected chi connectivity index (χ4v) is 2.34. The van der Waals surface area contributed by atoms with Crippen LogP contribution in [0.15, 0.2) is 24.3 Å². The number of benzene rings is 1. The van der Waals surface area contributed by atoms with Gasteiger partial charge < -0.3 is 15.7 Å². The van der Waals surface area contributed by atoms with Crippen LogP contribution >= 0.6 is 0 Å². The first-order valence-corrected chi connectivity index (χ1v) is 7.14. The Morgan fingerprint density at radius 1 is 1.22 bits per heavy atom. The molecule has 0 radical (unpaired) electrons. The van der Waals surface area contributed by atoms with Gasteiger partial charge in [0.25, 0.3) is 0 Å². The summed E-state index contributed by atoms with van der Waals surface area (Å²) in [6.45, 7) is 0.213. The number of carboxylic acid groups (broad SMARTS) is 1.